The largest absolute Gasteiger partial charge is 0.457 e. The Kier molecular flexibility index (Phi) is 9.49. The van der Waals surface area contributed by atoms with E-state index in [1.165, 1.54) is 5.56 Å². The van der Waals surface area contributed by atoms with Crippen molar-refractivity contribution in [3.05, 3.63) is 47.3 Å². The molecule has 0 aromatic heterocycles. The van der Waals surface area contributed by atoms with Crippen LogP contribution in [0.15, 0.2) is 30.3 Å². The molecule has 0 unspecified atom stereocenters. The summed E-state index contributed by atoms with van der Waals surface area (Å²) < 4.78 is 28.4. The zero-order chi connectivity index (χ0) is 26.6. The summed E-state index contributed by atoms with van der Waals surface area (Å²) in [5.41, 5.74) is -0.136. The third kappa shape index (κ3) is 7.20. The molecular formula is C28H46BN3O3S. The topological polar surface area (TPSA) is 55.2 Å². The highest BCUT2D eigenvalue weighted by atomic mass is 32.2. The van der Waals surface area contributed by atoms with Gasteiger partial charge in [0, 0.05) is 13.0 Å². The number of unbranched alkanes of at least 4 members (excludes halogenated alkanes) is 1. The van der Waals surface area contributed by atoms with Gasteiger partial charge in [0.25, 0.3) is 5.66 Å². The molecule has 200 valence electrons. The number of likely N-dealkylation sites (tertiary alicyclic amines) is 1. The second-order valence-electron chi connectivity index (χ2n) is 12.5. The van der Waals surface area contributed by atoms with Crippen molar-refractivity contribution in [3.63, 3.8) is 0 Å². The Morgan fingerprint density at radius 2 is 1.67 bits per heavy atom. The minimum Gasteiger partial charge on any atom is -0.403 e. The Morgan fingerprint density at radius 1 is 1.08 bits per heavy atom. The first kappa shape index (κ1) is 29.3. The van der Waals surface area contributed by atoms with Crippen molar-refractivity contribution in [2.24, 2.45) is 5.92 Å². The van der Waals surface area contributed by atoms with Crippen molar-refractivity contribution < 1.29 is 13.5 Å². The van der Waals surface area contributed by atoms with Crippen molar-refractivity contribution in [1.29, 1.82) is 0 Å². The average Bonchev–Trinajstić information content (AvgIpc) is 3.02. The smallest absolute Gasteiger partial charge is 0.403 e. The molecule has 1 aromatic rings. The number of piperidine rings is 1. The monoisotopic (exact) mass is 515 g/mol. The van der Waals surface area contributed by atoms with Crippen LogP contribution >= 0.6 is 0 Å². The molecule has 0 bridgehead atoms. The van der Waals surface area contributed by atoms with Gasteiger partial charge < -0.3 is 9.31 Å². The van der Waals surface area contributed by atoms with Crippen LogP contribution in [-0.4, -0.2) is 50.9 Å². The first-order valence-corrected chi connectivity index (χ1v) is 14.6. The van der Waals surface area contributed by atoms with Crippen molar-refractivity contribution in [1.82, 2.24) is 9.62 Å². The standard InChI is InChI=1S/C28H46BN3O3S/c1-25(2,3)36(33)31-28(30-8,18-12-13-19-29-34-26(4,5)27(6,7)35-29)24-16-20-32(21-17-24)22-23-14-10-9-11-15-23/h9-11,14-15,24,31H,12-13,16-22H2,1-7H3/t28-,36-/m1/s1. The van der Waals surface area contributed by atoms with E-state index in [4.69, 9.17) is 15.9 Å². The van der Waals surface area contributed by atoms with E-state index in [9.17, 15) is 4.21 Å². The lowest BCUT2D eigenvalue weighted by atomic mass is 9.78. The van der Waals surface area contributed by atoms with E-state index in [0.717, 1.165) is 51.6 Å². The summed E-state index contributed by atoms with van der Waals surface area (Å²) in [7, 11) is -1.52. The maximum Gasteiger partial charge on any atom is 0.457 e. The average molecular weight is 516 g/mol. The highest BCUT2D eigenvalue weighted by Crippen LogP contribution is 2.39. The van der Waals surface area contributed by atoms with Crippen molar-refractivity contribution in [2.45, 2.75) is 115 Å². The van der Waals surface area contributed by atoms with E-state index in [1.807, 2.05) is 26.8 Å². The molecule has 3 rings (SSSR count). The molecule has 1 N–H and O–H groups in total. The number of nitrogens with zero attached hydrogens (tertiary/aromatic N) is 2. The molecular weight excluding hydrogens is 469 g/mol. The fraction of sp³-hybridized carbons (Fsp3) is 0.750. The van der Waals surface area contributed by atoms with Crippen LogP contribution in [0, 0.1) is 12.5 Å². The molecule has 2 atom stereocenters. The molecule has 6 nitrogen and oxygen atoms in total. The van der Waals surface area contributed by atoms with Gasteiger partial charge in [-0.1, -0.05) is 36.8 Å². The van der Waals surface area contributed by atoms with E-state index < -0.39 is 21.4 Å². The quantitative estimate of drug-likeness (QED) is 0.242. The first-order chi connectivity index (χ1) is 16.8. The number of hydrogen-bond acceptors (Lipinski definition) is 4. The molecule has 0 radical (unpaired) electrons. The van der Waals surface area contributed by atoms with E-state index in [2.05, 4.69) is 66.4 Å². The molecule has 0 spiro atoms. The van der Waals surface area contributed by atoms with Gasteiger partial charge in [0.2, 0.25) is 0 Å². The lowest BCUT2D eigenvalue weighted by molar-refractivity contribution is 0.00578. The van der Waals surface area contributed by atoms with Gasteiger partial charge in [0.1, 0.15) is 11.0 Å². The summed E-state index contributed by atoms with van der Waals surface area (Å²) in [6.45, 7) is 25.3. The van der Waals surface area contributed by atoms with Gasteiger partial charge in [-0.25, -0.2) is 10.8 Å². The minimum absolute atomic E-state index is 0.171. The molecule has 0 saturated carbocycles. The molecule has 2 fully saturated rings. The van der Waals surface area contributed by atoms with E-state index in [-0.39, 0.29) is 24.2 Å². The van der Waals surface area contributed by atoms with Crippen LogP contribution in [0.2, 0.25) is 6.32 Å². The molecule has 0 aliphatic carbocycles. The summed E-state index contributed by atoms with van der Waals surface area (Å²) >= 11 is 0. The van der Waals surface area contributed by atoms with E-state index in [1.54, 1.807) is 0 Å². The predicted molar refractivity (Wildman–Crippen MR) is 150 cm³/mol. The summed E-state index contributed by atoms with van der Waals surface area (Å²) in [5, 5.41) is 0. The van der Waals surface area contributed by atoms with Gasteiger partial charge in [0.15, 0.2) is 0 Å². The molecule has 2 heterocycles. The van der Waals surface area contributed by atoms with Crippen LogP contribution in [-0.2, 0) is 26.8 Å². The second-order valence-corrected chi connectivity index (χ2v) is 14.5. The summed E-state index contributed by atoms with van der Waals surface area (Å²) in [5.74, 6) is 0.171. The Bertz CT molecular complexity index is 904. The van der Waals surface area contributed by atoms with E-state index >= 15 is 0 Å². The maximum absolute atomic E-state index is 13.2. The van der Waals surface area contributed by atoms with Crippen molar-refractivity contribution in [3.8, 4) is 0 Å². The highest BCUT2D eigenvalue weighted by Gasteiger charge is 2.51. The Labute approximate surface area is 222 Å². The molecule has 36 heavy (non-hydrogen) atoms. The second kappa shape index (κ2) is 11.7. The zero-order valence-corrected chi connectivity index (χ0v) is 24.2. The van der Waals surface area contributed by atoms with Gasteiger partial charge in [-0.15, -0.1) is 0 Å². The number of benzene rings is 1. The number of hydrogen-bond donors (Lipinski definition) is 1. The minimum atomic E-state index is -1.30. The van der Waals surface area contributed by atoms with Crippen LogP contribution in [0.25, 0.3) is 4.85 Å². The third-order valence-electron chi connectivity index (χ3n) is 8.09. The maximum atomic E-state index is 13.2. The molecule has 2 saturated heterocycles. The Morgan fingerprint density at radius 3 is 2.19 bits per heavy atom. The van der Waals surface area contributed by atoms with Crippen LogP contribution in [0.3, 0.4) is 0 Å². The Hall–Kier alpha value is -1.24. The lowest BCUT2D eigenvalue weighted by Gasteiger charge is -2.38. The molecule has 2 aliphatic heterocycles. The summed E-state index contributed by atoms with van der Waals surface area (Å²) in [4.78, 5) is 6.66. The molecule has 2 aliphatic rings. The number of nitrogens with one attached hydrogen (secondary N) is 1. The van der Waals surface area contributed by atoms with Crippen molar-refractivity contribution in [2.75, 3.05) is 13.1 Å². The molecule has 8 heteroatoms. The number of rotatable bonds is 10. The van der Waals surface area contributed by atoms with Crippen LogP contribution in [0.1, 0.15) is 86.1 Å². The molecule has 1 aromatic carbocycles. The van der Waals surface area contributed by atoms with Gasteiger partial charge in [-0.3, -0.25) is 9.74 Å². The van der Waals surface area contributed by atoms with Crippen LogP contribution in [0.4, 0.5) is 0 Å². The third-order valence-corrected chi connectivity index (χ3v) is 9.74. The summed E-state index contributed by atoms with van der Waals surface area (Å²) in [6, 6.07) is 10.6. The van der Waals surface area contributed by atoms with Crippen molar-refractivity contribution >= 4 is 18.1 Å². The van der Waals surface area contributed by atoms with Crippen LogP contribution in [0.5, 0.6) is 0 Å². The van der Waals surface area contributed by atoms with Gasteiger partial charge >= 0.3 is 7.12 Å². The van der Waals surface area contributed by atoms with Gasteiger partial charge in [-0.2, -0.15) is 4.72 Å². The van der Waals surface area contributed by atoms with Gasteiger partial charge in [-0.05, 0) is 92.7 Å². The van der Waals surface area contributed by atoms with Gasteiger partial charge in [0.05, 0.1) is 21.9 Å². The lowest BCUT2D eigenvalue weighted by Crippen LogP contribution is -2.55. The van der Waals surface area contributed by atoms with Crippen LogP contribution < -0.4 is 4.72 Å². The molecule has 0 amide bonds. The summed E-state index contributed by atoms with van der Waals surface area (Å²) in [6.07, 6.45) is 5.12. The zero-order valence-electron chi connectivity index (χ0n) is 23.4. The normalized spacial score (nSPS) is 23.2. The highest BCUT2D eigenvalue weighted by molar-refractivity contribution is 7.84. The van der Waals surface area contributed by atoms with E-state index in [0.29, 0.717) is 6.42 Å². The fourth-order valence-corrected chi connectivity index (χ4v) is 5.96. The predicted octanol–water partition coefficient (Wildman–Crippen LogP) is 5.83. The fourth-order valence-electron chi connectivity index (χ4n) is 5.02. The SMILES string of the molecule is [C-]#[N+][C@](CCCCB1OC(C)(C)C(C)(C)O1)(N[S@](=O)C(C)(C)C)C1CCN(Cc2ccccc2)CC1. The Balaban J connectivity index is 1.62. The first-order valence-electron chi connectivity index (χ1n) is 13.5.